The largest absolute Gasteiger partial charge is 0.481 e. The summed E-state index contributed by atoms with van der Waals surface area (Å²) in [5.74, 6) is -1.16. The van der Waals surface area contributed by atoms with Crippen molar-refractivity contribution in [2.24, 2.45) is 0 Å². The van der Waals surface area contributed by atoms with E-state index in [1.807, 2.05) is 6.92 Å². The zero-order valence-electron chi connectivity index (χ0n) is 11.2. The molecular weight excluding hydrogens is 252 g/mol. The van der Waals surface area contributed by atoms with Crippen LogP contribution in [0, 0.1) is 6.92 Å². The van der Waals surface area contributed by atoms with Crippen molar-refractivity contribution in [1.82, 2.24) is 10.5 Å². The number of carbonyl (C=O) groups is 2. The predicted octanol–water partition coefficient (Wildman–Crippen LogP) is 0.501. The second kappa shape index (κ2) is 5.83. The lowest BCUT2D eigenvalue weighted by molar-refractivity contribution is -0.141. The van der Waals surface area contributed by atoms with E-state index in [4.69, 9.17) is 9.63 Å². The van der Waals surface area contributed by atoms with Crippen molar-refractivity contribution in [3.05, 3.63) is 17.0 Å². The third-order valence-electron chi connectivity index (χ3n) is 2.66. The predicted molar refractivity (Wildman–Crippen MR) is 65.8 cm³/mol. The molecule has 7 heteroatoms. The summed E-state index contributed by atoms with van der Waals surface area (Å²) < 4.78 is 4.94. The molecule has 3 N–H and O–H groups in total. The highest BCUT2D eigenvalue weighted by Gasteiger charge is 2.26. The van der Waals surface area contributed by atoms with Gasteiger partial charge in [-0.3, -0.25) is 9.59 Å². The Labute approximate surface area is 110 Å². The number of nitrogens with zero attached hydrogens (tertiary/aromatic N) is 1. The van der Waals surface area contributed by atoms with E-state index in [9.17, 15) is 14.7 Å². The summed E-state index contributed by atoms with van der Waals surface area (Å²) >= 11 is 0. The maximum atomic E-state index is 12.0. The maximum Gasteiger partial charge on any atom is 0.306 e. The number of amides is 1. The molecule has 19 heavy (non-hydrogen) atoms. The van der Waals surface area contributed by atoms with Gasteiger partial charge in [-0.25, -0.2) is 0 Å². The van der Waals surface area contributed by atoms with Gasteiger partial charge in [-0.15, -0.1) is 0 Å². The fourth-order valence-corrected chi connectivity index (χ4v) is 1.70. The van der Waals surface area contributed by atoms with Gasteiger partial charge in [-0.1, -0.05) is 12.1 Å². The minimum Gasteiger partial charge on any atom is -0.481 e. The van der Waals surface area contributed by atoms with Gasteiger partial charge in [0.2, 0.25) is 0 Å². The highest BCUT2D eigenvalue weighted by Crippen LogP contribution is 2.14. The van der Waals surface area contributed by atoms with E-state index in [0.717, 1.165) is 0 Å². The zero-order valence-corrected chi connectivity index (χ0v) is 11.2. The highest BCUT2D eigenvalue weighted by atomic mass is 16.5. The molecule has 0 fully saturated rings. The Kier molecular flexibility index (Phi) is 4.66. The van der Waals surface area contributed by atoms with Gasteiger partial charge in [0.1, 0.15) is 11.3 Å². The molecule has 1 aromatic heterocycles. The summed E-state index contributed by atoms with van der Waals surface area (Å²) in [4.78, 5) is 22.5. The summed E-state index contributed by atoms with van der Waals surface area (Å²) in [6.45, 7) is 4.65. The first-order chi connectivity index (χ1) is 8.76. The second-order valence-electron chi connectivity index (χ2n) is 4.66. The van der Waals surface area contributed by atoms with Crippen molar-refractivity contribution in [1.29, 1.82) is 0 Å². The van der Waals surface area contributed by atoms with Crippen LogP contribution in [-0.2, 0) is 11.2 Å². The molecule has 1 heterocycles. The van der Waals surface area contributed by atoms with Gasteiger partial charge in [0, 0.05) is 6.54 Å². The minimum absolute atomic E-state index is 0.161. The molecule has 1 amide bonds. The van der Waals surface area contributed by atoms with Crippen LogP contribution >= 0.6 is 0 Å². The van der Waals surface area contributed by atoms with Crippen LogP contribution in [0.2, 0.25) is 0 Å². The highest BCUT2D eigenvalue weighted by molar-refractivity contribution is 5.96. The summed E-state index contributed by atoms with van der Waals surface area (Å²) in [7, 11) is 0. The molecule has 0 saturated heterocycles. The molecule has 0 aromatic carbocycles. The van der Waals surface area contributed by atoms with Gasteiger partial charge in [-0.05, 0) is 20.3 Å². The van der Waals surface area contributed by atoms with Crippen LogP contribution in [0.1, 0.15) is 42.1 Å². The van der Waals surface area contributed by atoms with Gasteiger partial charge >= 0.3 is 5.97 Å². The average molecular weight is 270 g/mol. The molecule has 1 unspecified atom stereocenters. The Morgan fingerprint density at radius 3 is 2.63 bits per heavy atom. The van der Waals surface area contributed by atoms with Gasteiger partial charge in [0.05, 0.1) is 17.7 Å². The smallest absolute Gasteiger partial charge is 0.306 e. The molecule has 0 aliphatic rings. The van der Waals surface area contributed by atoms with Crippen molar-refractivity contribution in [2.75, 3.05) is 6.54 Å². The molecule has 1 atom stereocenters. The number of aliphatic carboxylic acids is 1. The lowest BCUT2D eigenvalue weighted by atomic mass is 10.0. The van der Waals surface area contributed by atoms with Gasteiger partial charge in [0.25, 0.3) is 5.91 Å². The summed E-state index contributed by atoms with van der Waals surface area (Å²) in [6.07, 6.45) is 0.0994. The van der Waals surface area contributed by atoms with E-state index >= 15 is 0 Å². The van der Waals surface area contributed by atoms with Gasteiger partial charge < -0.3 is 20.1 Å². The van der Waals surface area contributed by atoms with E-state index in [1.54, 1.807) is 6.92 Å². The number of aliphatic hydroxyl groups is 1. The molecular formula is C12H18N2O5. The lowest BCUT2D eigenvalue weighted by Gasteiger charge is -2.21. The van der Waals surface area contributed by atoms with Crippen LogP contribution in [0.3, 0.4) is 0 Å². The van der Waals surface area contributed by atoms with Crippen LogP contribution < -0.4 is 5.32 Å². The average Bonchev–Trinajstić information content (AvgIpc) is 2.66. The molecule has 1 aromatic rings. The molecule has 1 rings (SSSR count). The first kappa shape index (κ1) is 15.2. The maximum absolute atomic E-state index is 12.0. The Morgan fingerprint density at radius 1 is 1.47 bits per heavy atom. The lowest BCUT2D eigenvalue weighted by Crippen LogP contribution is -2.42. The third-order valence-corrected chi connectivity index (χ3v) is 2.66. The molecule has 7 nitrogen and oxygen atoms in total. The van der Waals surface area contributed by atoms with Crippen LogP contribution in [0.25, 0.3) is 0 Å². The monoisotopic (exact) mass is 270 g/mol. The molecule has 0 bridgehead atoms. The number of hydrogen-bond donors (Lipinski definition) is 3. The number of hydrogen-bond acceptors (Lipinski definition) is 5. The molecule has 0 spiro atoms. The van der Waals surface area contributed by atoms with Crippen molar-refractivity contribution in [3.8, 4) is 0 Å². The topological polar surface area (TPSA) is 113 Å². The van der Waals surface area contributed by atoms with Crippen molar-refractivity contribution < 1.29 is 24.3 Å². The van der Waals surface area contributed by atoms with Crippen LogP contribution in [0.5, 0.6) is 0 Å². The van der Waals surface area contributed by atoms with Crippen molar-refractivity contribution in [3.63, 3.8) is 0 Å². The molecule has 0 saturated carbocycles. The quantitative estimate of drug-likeness (QED) is 0.694. The molecule has 0 radical (unpaired) electrons. The number of carboxylic acids is 1. The van der Waals surface area contributed by atoms with Crippen molar-refractivity contribution in [2.45, 2.75) is 39.2 Å². The summed E-state index contributed by atoms with van der Waals surface area (Å²) in [6, 6.07) is 0. The van der Waals surface area contributed by atoms with E-state index in [1.165, 1.54) is 6.92 Å². The number of carbonyl (C=O) groups excluding carboxylic acids is 1. The Balaban J connectivity index is 2.70. The van der Waals surface area contributed by atoms with Crippen LogP contribution in [-0.4, -0.2) is 39.4 Å². The summed E-state index contributed by atoms with van der Waals surface area (Å²) in [5.41, 5.74) is -0.625. The minimum atomic E-state index is -1.50. The normalized spacial score (nSPS) is 13.9. The van der Waals surface area contributed by atoms with Gasteiger partial charge in [0.15, 0.2) is 0 Å². The van der Waals surface area contributed by atoms with E-state index < -0.39 is 23.9 Å². The standard InChI is InChI=1S/C12H18N2O5/c1-4-8-10(7(2)19-14-8)11(17)13-6-12(3,18)5-9(15)16/h18H,4-6H2,1-3H3,(H,13,17)(H,15,16). The van der Waals surface area contributed by atoms with E-state index in [-0.39, 0.29) is 6.54 Å². The Hall–Kier alpha value is -1.89. The van der Waals surface area contributed by atoms with E-state index in [2.05, 4.69) is 10.5 Å². The summed E-state index contributed by atoms with van der Waals surface area (Å²) in [5, 5.41) is 24.7. The van der Waals surface area contributed by atoms with Crippen LogP contribution in [0.4, 0.5) is 0 Å². The fraction of sp³-hybridized carbons (Fsp3) is 0.583. The first-order valence-corrected chi connectivity index (χ1v) is 5.94. The van der Waals surface area contributed by atoms with Gasteiger partial charge in [-0.2, -0.15) is 0 Å². The number of aryl methyl sites for hydroxylation is 2. The molecule has 0 aliphatic heterocycles. The Bertz CT molecular complexity index is 478. The second-order valence-corrected chi connectivity index (χ2v) is 4.66. The molecule has 106 valence electrons. The zero-order chi connectivity index (χ0) is 14.6. The SMILES string of the molecule is CCc1noc(C)c1C(=O)NCC(C)(O)CC(=O)O. The Morgan fingerprint density at radius 2 is 2.11 bits per heavy atom. The van der Waals surface area contributed by atoms with Crippen LogP contribution in [0.15, 0.2) is 4.52 Å². The first-order valence-electron chi connectivity index (χ1n) is 5.94. The number of rotatable bonds is 6. The molecule has 0 aliphatic carbocycles. The number of aromatic nitrogens is 1. The fourth-order valence-electron chi connectivity index (χ4n) is 1.70. The van der Waals surface area contributed by atoms with E-state index in [0.29, 0.717) is 23.4 Å². The number of nitrogens with one attached hydrogen (secondary N) is 1. The van der Waals surface area contributed by atoms with Crippen molar-refractivity contribution >= 4 is 11.9 Å². The third kappa shape index (κ3) is 4.06. The number of carboxylic acid groups (broad SMARTS) is 1.